The average molecular weight is 1060 g/mol. The SMILES string of the molecule is O=[C-]NCCCC(=O)c1nc2ccccc2nc1OCc1ccc(OP(=O)(O)O)cn1.O=[C-]NCCCC(=O)c1nc2ccccc2nc1OCc1ccc(OP(=O)(O)O)o1.[Y].[Y]. The van der Waals surface area contributed by atoms with Crippen molar-refractivity contribution in [2.24, 2.45) is 0 Å². The second-order valence-corrected chi connectivity index (χ2v) is 14.6. The molecule has 26 heteroatoms. The molecule has 0 saturated carbocycles. The molecule has 63 heavy (non-hydrogen) atoms. The summed E-state index contributed by atoms with van der Waals surface area (Å²) in [5, 5.41) is 4.73. The summed E-state index contributed by atoms with van der Waals surface area (Å²) in [6.07, 6.45) is 5.27. The summed E-state index contributed by atoms with van der Waals surface area (Å²) in [6.45, 7) is 0.352. The van der Waals surface area contributed by atoms with Gasteiger partial charge in [0.05, 0.1) is 34.0 Å². The van der Waals surface area contributed by atoms with Crippen molar-refractivity contribution in [3.63, 3.8) is 0 Å². The molecule has 2 amide bonds. The molecule has 0 aliphatic heterocycles. The molecular formula is C37H35N7O15P2Y2-2. The van der Waals surface area contributed by atoms with Crippen LogP contribution in [0.25, 0.3) is 22.1 Å². The zero-order valence-corrected chi connectivity index (χ0v) is 40.2. The van der Waals surface area contributed by atoms with Crippen LogP contribution in [-0.4, -0.2) is 82.0 Å². The molecule has 4 aromatic heterocycles. The first-order valence-electron chi connectivity index (χ1n) is 17.8. The van der Waals surface area contributed by atoms with Gasteiger partial charge in [-0.2, -0.15) is 12.8 Å². The van der Waals surface area contributed by atoms with Crippen LogP contribution < -0.4 is 29.2 Å². The predicted octanol–water partition coefficient (Wildman–Crippen LogP) is 3.58. The molecule has 0 atom stereocenters. The number of Topliss-reactive ketones (excluding diaryl/α,β-unsaturated/α-hetero) is 2. The van der Waals surface area contributed by atoms with E-state index in [0.717, 1.165) is 6.20 Å². The Balaban J connectivity index is 0.000000325. The van der Waals surface area contributed by atoms with Crippen molar-refractivity contribution in [1.29, 1.82) is 0 Å². The second kappa shape index (κ2) is 25.7. The Morgan fingerprint density at radius 3 is 1.56 bits per heavy atom. The van der Waals surface area contributed by atoms with Gasteiger partial charge in [0.15, 0.2) is 23.0 Å². The maximum atomic E-state index is 12.6. The summed E-state index contributed by atoms with van der Waals surface area (Å²) in [7, 11) is -9.42. The minimum atomic E-state index is -4.75. The molecule has 6 rings (SSSR count). The minimum Gasteiger partial charge on any atom is -0.530 e. The van der Waals surface area contributed by atoms with Gasteiger partial charge in [-0.1, -0.05) is 24.3 Å². The van der Waals surface area contributed by atoms with E-state index in [4.69, 9.17) is 33.5 Å². The monoisotopic (exact) mass is 1060 g/mol. The summed E-state index contributed by atoms with van der Waals surface area (Å²) < 4.78 is 47.0. The largest absolute Gasteiger partial charge is 0.530 e. The molecule has 0 spiro atoms. The first-order chi connectivity index (χ1) is 29.2. The number of pyridine rings is 1. The molecule has 0 unspecified atom stereocenters. The van der Waals surface area contributed by atoms with Gasteiger partial charge in [-0.05, 0) is 68.4 Å². The average Bonchev–Trinajstić information content (AvgIpc) is 3.67. The number of fused-ring (bicyclic) bond motifs is 2. The van der Waals surface area contributed by atoms with Crippen LogP contribution in [0.3, 0.4) is 0 Å². The number of furan rings is 1. The van der Waals surface area contributed by atoms with Gasteiger partial charge < -0.3 is 43.2 Å². The first kappa shape index (κ1) is 52.9. The second-order valence-electron chi connectivity index (χ2n) is 12.3. The van der Waals surface area contributed by atoms with Gasteiger partial charge in [-0.25, -0.2) is 29.1 Å². The van der Waals surface area contributed by atoms with E-state index in [2.05, 4.69) is 44.6 Å². The smallest absolute Gasteiger partial charge is 0.527 e. The number of carbonyl (C=O) groups is 2. The van der Waals surface area contributed by atoms with Crippen molar-refractivity contribution in [3.8, 4) is 23.5 Å². The summed E-state index contributed by atoms with van der Waals surface area (Å²) in [5.41, 5.74) is 2.63. The molecule has 0 fully saturated rings. The fourth-order valence-corrected chi connectivity index (χ4v) is 5.83. The maximum Gasteiger partial charge on any atom is 0.527 e. The van der Waals surface area contributed by atoms with Gasteiger partial charge in [0.1, 0.15) is 24.7 Å². The number of phosphoric acid groups is 2. The fraction of sp³-hybridized carbons (Fsp3) is 0.216. The summed E-state index contributed by atoms with van der Waals surface area (Å²) in [6, 6.07) is 19.4. The Bertz CT molecular complexity index is 2580. The van der Waals surface area contributed by atoms with Gasteiger partial charge in [-0.3, -0.25) is 34.1 Å². The van der Waals surface area contributed by atoms with E-state index < -0.39 is 15.6 Å². The Kier molecular flexibility index (Phi) is 21.6. The first-order valence-corrected chi connectivity index (χ1v) is 20.9. The quantitative estimate of drug-likeness (QED) is 0.0186. The van der Waals surface area contributed by atoms with E-state index in [-0.39, 0.29) is 144 Å². The van der Waals surface area contributed by atoms with Crippen molar-refractivity contribution < 1.29 is 136 Å². The number of benzene rings is 2. The fourth-order valence-electron chi connectivity index (χ4n) is 5.12. The van der Waals surface area contributed by atoms with Gasteiger partial charge in [0.2, 0.25) is 11.8 Å². The van der Waals surface area contributed by atoms with E-state index in [1.165, 1.54) is 30.7 Å². The number of ketones is 2. The summed E-state index contributed by atoms with van der Waals surface area (Å²) >= 11 is 0. The molecule has 0 aliphatic rings. The van der Waals surface area contributed by atoms with Crippen molar-refractivity contribution >= 4 is 62.1 Å². The van der Waals surface area contributed by atoms with Crippen LogP contribution in [-0.2, 0) is 97.4 Å². The zero-order valence-electron chi connectivity index (χ0n) is 32.7. The molecule has 2 aromatic carbocycles. The standard InChI is InChI=1S/C19H18N4O7P.C18H17N3O8P.2Y/c24-12-20-9-3-6-17(25)18-19(23-16-5-2-1-4-15(16)22-18)29-11-13-7-8-14(10-21-13)30-31(26,27)28;22-11-19-9-3-6-15(23)17-18(21-14-5-2-1-4-13(14)20-17)27-10-12-7-8-16(28-12)29-30(24,25)26;;/h1-2,4-5,7-8,10H,3,6,9,11H2,(H,20,24)(H2,26,27,28);1-2,4-5,7-8H,3,6,9-10H2,(H,19,22)(H2,24,25,26);;/q2*-1;;. The molecule has 4 heterocycles. The van der Waals surface area contributed by atoms with Gasteiger partial charge in [0, 0.05) is 84.3 Å². The van der Waals surface area contributed by atoms with Crippen molar-refractivity contribution in [3.05, 3.63) is 102 Å². The topological polar surface area (TPSA) is 322 Å². The number of ether oxygens (including phenoxy) is 2. The number of aromatic nitrogens is 5. The Morgan fingerprint density at radius 1 is 0.635 bits per heavy atom. The van der Waals surface area contributed by atoms with Crippen molar-refractivity contribution in [1.82, 2.24) is 35.6 Å². The van der Waals surface area contributed by atoms with Gasteiger partial charge >= 0.3 is 15.6 Å². The number of carbonyl (C=O) groups excluding carboxylic acids is 4. The third-order valence-electron chi connectivity index (χ3n) is 7.74. The zero-order chi connectivity index (χ0) is 43.8. The number of phosphoric ester groups is 2. The van der Waals surface area contributed by atoms with Gasteiger partial charge in [-0.15, -0.1) is 0 Å². The summed E-state index contributed by atoms with van der Waals surface area (Å²) in [5.74, 6) is -0.863. The van der Waals surface area contributed by atoms with E-state index in [1.807, 2.05) is 0 Å². The molecule has 0 saturated heterocycles. The van der Waals surface area contributed by atoms with Crippen molar-refractivity contribution in [2.75, 3.05) is 13.1 Å². The predicted molar refractivity (Wildman–Crippen MR) is 211 cm³/mol. The van der Waals surface area contributed by atoms with Crippen LogP contribution in [0.15, 0.2) is 83.4 Å². The number of para-hydroxylation sites is 4. The molecule has 22 nitrogen and oxygen atoms in total. The molecule has 0 bridgehead atoms. The molecule has 326 valence electrons. The van der Waals surface area contributed by atoms with E-state index in [9.17, 15) is 28.3 Å². The third kappa shape index (κ3) is 17.6. The number of nitrogens with zero attached hydrogens (tertiary/aromatic N) is 5. The molecule has 6 aromatic rings. The maximum absolute atomic E-state index is 12.6. The van der Waals surface area contributed by atoms with Gasteiger partial charge in [0.25, 0.3) is 5.95 Å². The summed E-state index contributed by atoms with van der Waals surface area (Å²) in [4.78, 5) is 102. The van der Waals surface area contributed by atoms with Crippen LogP contribution in [0.2, 0.25) is 0 Å². The van der Waals surface area contributed by atoms with E-state index >= 15 is 0 Å². The Labute approximate surface area is 407 Å². The number of hydrogen-bond acceptors (Lipinski definition) is 16. The number of rotatable bonds is 22. The van der Waals surface area contributed by atoms with Crippen LogP contribution in [0.4, 0.5) is 0 Å². The van der Waals surface area contributed by atoms with E-state index in [1.54, 1.807) is 54.9 Å². The van der Waals surface area contributed by atoms with Crippen LogP contribution in [0, 0.1) is 0 Å². The number of nitrogens with one attached hydrogen (secondary N) is 2. The number of hydrogen-bond donors (Lipinski definition) is 6. The third-order valence-corrected chi connectivity index (χ3v) is 8.60. The van der Waals surface area contributed by atoms with Crippen molar-refractivity contribution in [2.45, 2.75) is 38.9 Å². The minimum absolute atomic E-state index is 0. The van der Waals surface area contributed by atoms with E-state index in [0.29, 0.717) is 53.7 Å². The molecule has 6 N–H and O–H groups in total. The molecule has 0 aliphatic carbocycles. The number of amides is 2. The molecule has 2 radical (unpaired) electrons. The Hall–Kier alpha value is -4.46. The Morgan fingerprint density at radius 2 is 1.11 bits per heavy atom. The normalized spacial score (nSPS) is 10.9. The van der Waals surface area contributed by atoms with Crippen LogP contribution >= 0.6 is 15.6 Å². The molecular weight excluding hydrogens is 1020 g/mol. The van der Waals surface area contributed by atoms with Crippen LogP contribution in [0.1, 0.15) is 58.1 Å². The van der Waals surface area contributed by atoms with Crippen LogP contribution in [0.5, 0.6) is 23.5 Å².